The Kier molecular flexibility index (Phi) is 6.62. The Morgan fingerprint density at radius 1 is 1.30 bits per heavy atom. The van der Waals surface area contributed by atoms with E-state index in [1.54, 1.807) is 25.2 Å². The molecule has 33 heavy (non-hydrogen) atoms. The van der Waals surface area contributed by atoms with Crippen LogP contribution < -0.4 is 5.32 Å². The zero-order valence-corrected chi connectivity index (χ0v) is 18.4. The molecule has 4 rings (SSSR count). The van der Waals surface area contributed by atoms with Crippen molar-refractivity contribution in [3.63, 3.8) is 0 Å². The Morgan fingerprint density at radius 3 is 2.79 bits per heavy atom. The second-order valence-electron chi connectivity index (χ2n) is 8.70. The zero-order chi connectivity index (χ0) is 23.8. The number of hydrogen-bond acceptors (Lipinski definition) is 5. The fraction of sp³-hybridized carbons (Fsp3) is 0.591. The molecule has 11 heteroatoms. The first-order valence-corrected chi connectivity index (χ1v) is 11.1. The fourth-order valence-electron chi connectivity index (χ4n) is 4.97. The molecule has 0 radical (unpaired) electrons. The van der Waals surface area contributed by atoms with Gasteiger partial charge in [-0.15, -0.1) is 0 Å². The Bertz CT molecular complexity index is 1020. The number of aliphatic hydroxyl groups is 1. The van der Waals surface area contributed by atoms with Crippen LogP contribution in [0, 0.1) is 0 Å². The van der Waals surface area contributed by atoms with E-state index >= 15 is 0 Å². The molecule has 1 aromatic heterocycles. The number of aryl methyl sites for hydroxylation is 1. The van der Waals surface area contributed by atoms with Crippen LogP contribution in [0.25, 0.3) is 11.0 Å². The van der Waals surface area contributed by atoms with Crippen molar-refractivity contribution >= 4 is 22.8 Å². The number of piperazine rings is 1. The lowest BCUT2D eigenvalue weighted by Crippen LogP contribution is -2.55. The summed E-state index contributed by atoms with van der Waals surface area (Å²) in [4.78, 5) is 31.6. The minimum Gasteiger partial charge on any atom is -0.389 e. The lowest BCUT2D eigenvalue weighted by Gasteiger charge is -2.36. The molecule has 1 saturated carbocycles. The molecule has 0 bridgehead atoms. The molecule has 1 aliphatic heterocycles. The molecule has 2 aromatic rings. The quantitative estimate of drug-likeness (QED) is 0.674. The highest BCUT2D eigenvalue weighted by molar-refractivity contribution is 5.79. The van der Waals surface area contributed by atoms with Gasteiger partial charge in [0.2, 0.25) is 17.6 Å². The number of likely N-dealkylation sites (N-methyl/N-ethyl adjacent to an activating group) is 1. The third kappa shape index (κ3) is 4.84. The number of carbonyl (C=O) groups is 2. The average molecular weight is 467 g/mol. The number of aromatic nitrogens is 2. The number of benzene rings is 1. The van der Waals surface area contributed by atoms with Crippen LogP contribution >= 0.6 is 0 Å². The largest absolute Gasteiger partial charge is 0.449 e. The highest BCUT2D eigenvalue weighted by Gasteiger charge is 2.42. The van der Waals surface area contributed by atoms with Gasteiger partial charge in [0.05, 0.1) is 29.7 Å². The van der Waals surface area contributed by atoms with E-state index in [1.165, 1.54) is 11.0 Å². The van der Waals surface area contributed by atoms with Gasteiger partial charge in [-0.3, -0.25) is 14.5 Å². The zero-order valence-electron chi connectivity index (χ0n) is 18.4. The molecule has 2 fully saturated rings. The van der Waals surface area contributed by atoms with Gasteiger partial charge in [0.15, 0.2) is 0 Å². The highest BCUT2D eigenvalue weighted by Crippen LogP contribution is 2.32. The summed E-state index contributed by atoms with van der Waals surface area (Å²) in [5, 5.41) is 13.6. The molecule has 3 atom stereocenters. The molecule has 2 heterocycles. The van der Waals surface area contributed by atoms with Crippen LogP contribution in [0.5, 0.6) is 0 Å². The topological polar surface area (TPSA) is 90.7 Å². The lowest BCUT2D eigenvalue weighted by molar-refractivity contribution is -0.147. The summed E-state index contributed by atoms with van der Waals surface area (Å²) in [7, 11) is 1.62. The van der Waals surface area contributed by atoms with Crippen LogP contribution in [0.2, 0.25) is 0 Å². The molecule has 1 saturated heterocycles. The van der Waals surface area contributed by atoms with Gasteiger partial charge in [-0.25, -0.2) is 4.98 Å². The SMILES string of the molecule is CN(C(=O)CCCn1c(C(F)(F)F)nc2ccccc21)[C@@H]1CC[C@@H](N2CCNC(=O)C2)[C@@H]1O. The number of amides is 2. The molecule has 1 aliphatic carbocycles. The number of nitrogens with one attached hydrogen (secondary N) is 1. The predicted molar refractivity (Wildman–Crippen MR) is 114 cm³/mol. The highest BCUT2D eigenvalue weighted by atomic mass is 19.4. The van der Waals surface area contributed by atoms with E-state index in [0.29, 0.717) is 31.4 Å². The number of para-hydroxylation sites is 2. The number of imidazole rings is 1. The van der Waals surface area contributed by atoms with E-state index in [1.807, 2.05) is 4.90 Å². The first kappa shape index (κ1) is 23.5. The minimum absolute atomic E-state index is 0.00761. The van der Waals surface area contributed by atoms with Gasteiger partial charge >= 0.3 is 6.18 Å². The van der Waals surface area contributed by atoms with Crippen LogP contribution in [0.1, 0.15) is 31.5 Å². The molecule has 0 spiro atoms. The molecule has 8 nitrogen and oxygen atoms in total. The number of alkyl halides is 3. The summed E-state index contributed by atoms with van der Waals surface area (Å²) in [5.74, 6) is -1.27. The average Bonchev–Trinajstić information content (AvgIpc) is 3.34. The predicted octanol–water partition coefficient (Wildman–Crippen LogP) is 1.62. The number of carbonyl (C=O) groups excluding carboxylic acids is 2. The van der Waals surface area contributed by atoms with Crippen molar-refractivity contribution < 1.29 is 27.9 Å². The van der Waals surface area contributed by atoms with E-state index < -0.39 is 18.1 Å². The number of nitrogens with zero attached hydrogens (tertiary/aromatic N) is 4. The van der Waals surface area contributed by atoms with E-state index in [0.717, 1.165) is 4.57 Å². The number of aliphatic hydroxyl groups excluding tert-OH is 1. The lowest BCUT2D eigenvalue weighted by atomic mass is 10.1. The van der Waals surface area contributed by atoms with E-state index in [2.05, 4.69) is 10.3 Å². The smallest absolute Gasteiger partial charge is 0.389 e. The summed E-state index contributed by atoms with van der Waals surface area (Å²) in [6.45, 7) is 1.42. The van der Waals surface area contributed by atoms with Crippen LogP contribution in [0.15, 0.2) is 24.3 Å². The van der Waals surface area contributed by atoms with Crippen molar-refractivity contribution in [2.45, 2.75) is 56.6 Å². The van der Waals surface area contributed by atoms with Crippen molar-refractivity contribution in [2.24, 2.45) is 0 Å². The van der Waals surface area contributed by atoms with Gasteiger partial charge < -0.3 is 19.9 Å². The van der Waals surface area contributed by atoms with Crippen LogP contribution in [-0.2, 0) is 22.3 Å². The number of rotatable bonds is 6. The standard InChI is InChI=1S/C22H28F3N5O3/c1-28(16-8-9-17(20(16)33)29-12-10-26-18(31)13-29)19(32)7-4-11-30-15-6-3-2-5-14(15)27-21(30)22(23,24)25/h2-3,5-6,16-17,20,33H,4,7-13H2,1H3,(H,26,31)/t16-,17-,20-/m1/s1. The van der Waals surface area contributed by atoms with Gasteiger partial charge in [0, 0.05) is 39.1 Å². The van der Waals surface area contributed by atoms with Crippen molar-refractivity contribution in [3.8, 4) is 0 Å². The first-order valence-electron chi connectivity index (χ1n) is 11.1. The molecular formula is C22H28F3N5O3. The Balaban J connectivity index is 1.36. The molecule has 2 aliphatic rings. The Hall–Kier alpha value is -2.66. The monoisotopic (exact) mass is 467 g/mol. The summed E-state index contributed by atoms with van der Waals surface area (Å²) < 4.78 is 41.5. The number of fused-ring (bicyclic) bond motifs is 1. The van der Waals surface area contributed by atoms with Crippen LogP contribution in [0.4, 0.5) is 13.2 Å². The maximum atomic E-state index is 13.4. The van der Waals surface area contributed by atoms with E-state index in [4.69, 9.17) is 0 Å². The maximum absolute atomic E-state index is 13.4. The summed E-state index contributed by atoms with van der Waals surface area (Å²) >= 11 is 0. The Labute approximate surface area is 189 Å². The molecule has 180 valence electrons. The van der Waals surface area contributed by atoms with E-state index in [-0.39, 0.29) is 55.3 Å². The van der Waals surface area contributed by atoms with Crippen LogP contribution in [-0.4, -0.2) is 81.1 Å². The van der Waals surface area contributed by atoms with Gasteiger partial charge in [-0.1, -0.05) is 12.1 Å². The molecule has 2 amide bonds. The van der Waals surface area contributed by atoms with Crippen LogP contribution in [0.3, 0.4) is 0 Å². The Morgan fingerprint density at radius 2 is 2.06 bits per heavy atom. The van der Waals surface area contributed by atoms with Gasteiger partial charge in [-0.2, -0.15) is 13.2 Å². The molecule has 2 N–H and O–H groups in total. The number of halogens is 3. The third-order valence-corrected chi connectivity index (χ3v) is 6.65. The summed E-state index contributed by atoms with van der Waals surface area (Å²) in [5.41, 5.74) is 0.644. The molecular weight excluding hydrogens is 439 g/mol. The van der Waals surface area contributed by atoms with E-state index in [9.17, 15) is 27.9 Å². The minimum atomic E-state index is -4.59. The van der Waals surface area contributed by atoms with Crippen molar-refractivity contribution in [1.29, 1.82) is 0 Å². The van der Waals surface area contributed by atoms with Crippen molar-refractivity contribution in [3.05, 3.63) is 30.1 Å². The van der Waals surface area contributed by atoms with Crippen molar-refractivity contribution in [2.75, 3.05) is 26.7 Å². The van der Waals surface area contributed by atoms with Crippen molar-refractivity contribution in [1.82, 2.24) is 24.7 Å². The van der Waals surface area contributed by atoms with Gasteiger partial charge in [0.25, 0.3) is 0 Å². The second kappa shape index (κ2) is 9.30. The normalized spacial score (nSPS) is 24.3. The second-order valence-corrected chi connectivity index (χ2v) is 8.70. The summed E-state index contributed by atoms with van der Waals surface area (Å²) in [6.07, 6.45) is -3.82. The number of hydrogen-bond donors (Lipinski definition) is 2. The fourth-order valence-corrected chi connectivity index (χ4v) is 4.97. The molecule has 1 aromatic carbocycles. The third-order valence-electron chi connectivity index (χ3n) is 6.65. The molecule has 0 unspecified atom stereocenters. The summed E-state index contributed by atoms with van der Waals surface area (Å²) in [6, 6.07) is 5.83. The maximum Gasteiger partial charge on any atom is 0.449 e. The first-order chi connectivity index (χ1) is 15.7. The van der Waals surface area contributed by atoms with Gasteiger partial charge in [0.1, 0.15) is 0 Å². The van der Waals surface area contributed by atoms with Gasteiger partial charge in [-0.05, 0) is 31.4 Å².